The van der Waals surface area contributed by atoms with Crippen LogP contribution in [0, 0.1) is 6.92 Å². The Morgan fingerprint density at radius 1 is 1.23 bits per heavy atom. The number of thiazole rings is 1. The maximum atomic E-state index is 6.13. The normalized spacial score (nSPS) is 10.6. The number of nitrogens with zero attached hydrogens (tertiary/aromatic N) is 1. The van der Waals surface area contributed by atoms with Crippen molar-refractivity contribution in [1.82, 2.24) is 10.3 Å². The number of halogens is 1. The number of anilines is 1. The summed E-state index contributed by atoms with van der Waals surface area (Å²) in [6.45, 7) is 2.75. The number of aryl methyl sites for hydroxylation is 1. The van der Waals surface area contributed by atoms with Gasteiger partial charge in [-0.1, -0.05) is 58.8 Å². The van der Waals surface area contributed by atoms with Crippen LogP contribution in [-0.4, -0.2) is 10.1 Å². The van der Waals surface area contributed by atoms with Crippen LogP contribution in [0.1, 0.15) is 11.1 Å². The van der Waals surface area contributed by atoms with Crippen LogP contribution in [0.3, 0.4) is 0 Å². The van der Waals surface area contributed by atoms with Gasteiger partial charge in [0.2, 0.25) is 0 Å². The number of nitrogens with one attached hydrogen (secondary N) is 2. The van der Waals surface area contributed by atoms with E-state index < -0.39 is 0 Å². The number of rotatable bonds is 3. The molecule has 0 saturated heterocycles. The molecule has 3 nitrogen and oxygen atoms in total. The van der Waals surface area contributed by atoms with Crippen LogP contribution in [0.2, 0.25) is 5.02 Å². The molecule has 1 aromatic heterocycles. The van der Waals surface area contributed by atoms with Crippen molar-refractivity contribution in [2.24, 2.45) is 0 Å². The highest BCUT2D eigenvalue weighted by atomic mass is 35.5. The number of aromatic nitrogens is 1. The van der Waals surface area contributed by atoms with E-state index in [4.69, 9.17) is 23.8 Å². The molecule has 3 aromatic rings. The molecule has 0 aliphatic carbocycles. The van der Waals surface area contributed by atoms with E-state index in [1.165, 1.54) is 22.5 Å². The summed E-state index contributed by atoms with van der Waals surface area (Å²) in [5.41, 5.74) is 3.23. The number of hydrogen-bond donors (Lipinski definition) is 2. The third-order valence-electron chi connectivity index (χ3n) is 3.16. The highest BCUT2D eigenvalue weighted by molar-refractivity contribution is 7.80. The zero-order valence-electron chi connectivity index (χ0n) is 11.9. The Morgan fingerprint density at radius 3 is 2.73 bits per heavy atom. The van der Waals surface area contributed by atoms with E-state index in [0.717, 1.165) is 15.3 Å². The van der Waals surface area contributed by atoms with Crippen molar-refractivity contribution >= 4 is 55.6 Å². The fourth-order valence-electron chi connectivity index (χ4n) is 2.00. The molecule has 2 aromatic carbocycles. The van der Waals surface area contributed by atoms with Crippen molar-refractivity contribution in [1.29, 1.82) is 0 Å². The van der Waals surface area contributed by atoms with Crippen molar-refractivity contribution in [3.05, 3.63) is 58.6 Å². The van der Waals surface area contributed by atoms with Gasteiger partial charge in [0.25, 0.3) is 0 Å². The number of fused-ring (bicyclic) bond motifs is 1. The molecular weight excluding hydrogens is 334 g/mol. The molecule has 2 N–H and O–H groups in total. The Kier molecular flexibility index (Phi) is 4.57. The van der Waals surface area contributed by atoms with Gasteiger partial charge in [-0.25, -0.2) is 4.98 Å². The van der Waals surface area contributed by atoms with E-state index >= 15 is 0 Å². The van der Waals surface area contributed by atoms with Crippen molar-refractivity contribution in [3.63, 3.8) is 0 Å². The lowest BCUT2D eigenvalue weighted by Gasteiger charge is -2.08. The van der Waals surface area contributed by atoms with Gasteiger partial charge in [0.05, 0.1) is 9.72 Å². The zero-order chi connectivity index (χ0) is 15.5. The minimum absolute atomic E-state index is 0.552. The summed E-state index contributed by atoms with van der Waals surface area (Å²) in [6, 6.07) is 14.1. The van der Waals surface area contributed by atoms with Crippen molar-refractivity contribution in [2.45, 2.75) is 13.5 Å². The van der Waals surface area contributed by atoms with E-state index in [1.54, 1.807) is 0 Å². The molecule has 0 bridgehead atoms. The number of benzene rings is 2. The third kappa shape index (κ3) is 3.55. The summed E-state index contributed by atoms with van der Waals surface area (Å²) < 4.78 is 1.04. The SMILES string of the molecule is Cc1ccc(CNC(=S)Nc2nc3c(Cl)cccc3s2)cc1. The van der Waals surface area contributed by atoms with Gasteiger partial charge >= 0.3 is 0 Å². The van der Waals surface area contributed by atoms with Crippen LogP contribution in [-0.2, 0) is 6.54 Å². The van der Waals surface area contributed by atoms with Gasteiger partial charge in [0.1, 0.15) is 5.52 Å². The second-order valence-corrected chi connectivity index (χ2v) is 6.74. The van der Waals surface area contributed by atoms with Gasteiger partial charge in [-0.3, -0.25) is 0 Å². The lowest BCUT2D eigenvalue weighted by molar-refractivity contribution is 0.925. The predicted molar refractivity (Wildman–Crippen MR) is 98.9 cm³/mol. The highest BCUT2D eigenvalue weighted by Gasteiger charge is 2.07. The maximum Gasteiger partial charge on any atom is 0.190 e. The summed E-state index contributed by atoms with van der Waals surface area (Å²) in [5.74, 6) is 0. The average Bonchev–Trinajstić information content (AvgIpc) is 2.90. The molecule has 0 radical (unpaired) electrons. The van der Waals surface area contributed by atoms with Crippen molar-refractivity contribution < 1.29 is 0 Å². The average molecular weight is 348 g/mol. The molecule has 0 saturated carbocycles. The molecule has 0 fully saturated rings. The third-order valence-corrected chi connectivity index (χ3v) is 4.65. The zero-order valence-corrected chi connectivity index (χ0v) is 14.3. The molecule has 3 rings (SSSR count). The molecule has 0 aliphatic rings. The second-order valence-electron chi connectivity index (χ2n) is 4.90. The molecule has 22 heavy (non-hydrogen) atoms. The van der Waals surface area contributed by atoms with Gasteiger partial charge in [-0.05, 0) is 36.8 Å². The van der Waals surface area contributed by atoms with Gasteiger partial charge in [-0.15, -0.1) is 0 Å². The van der Waals surface area contributed by atoms with Gasteiger partial charge in [-0.2, -0.15) is 0 Å². The predicted octanol–water partition coefficient (Wildman–Crippen LogP) is 4.74. The fourth-order valence-corrected chi connectivity index (χ4v) is 3.40. The summed E-state index contributed by atoms with van der Waals surface area (Å²) in [7, 11) is 0. The van der Waals surface area contributed by atoms with E-state index in [2.05, 4.69) is 46.8 Å². The summed E-state index contributed by atoms with van der Waals surface area (Å²) in [4.78, 5) is 4.47. The van der Waals surface area contributed by atoms with E-state index in [-0.39, 0.29) is 0 Å². The summed E-state index contributed by atoms with van der Waals surface area (Å²) >= 11 is 13.0. The van der Waals surface area contributed by atoms with Crippen LogP contribution >= 0.6 is 35.2 Å². The fraction of sp³-hybridized carbons (Fsp3) is 0.125. The topological polar surface area (TPSA) is 37.0 Å². The van der Waals surface area contributed by atoms with E-state index in [9.17, 15) is 0 Å². The second kappa shape index (κ2) is 6.60. The molecule has 0 amide bonds. The Hall–Kier alpha value is -1.69. The first-order valence-electron chi connectivity index (χ1n) is 6.77. The lowest BCUT2D eigenvalue weighted by Crippen LogP contribution is -2.27. The number of para-hydroxylation sites is 1. The minimum atomic E-state index is 0.552. The molecular formula is C16H14ClN3S2. The molecule has 112 valence electrons. The largest absolute Gasteiger partial charge is 0.358 e. The first-order chi connectivity index (χ1) is 10.6. The Balaban J connectivity index is 1.63. The Bertz CT molecular complexity index is 812. The molecule has 0 spiro atoms. The smallest absolute Gasteiger partial charge is 0.190 e. The summed E-state index contributed by atoms with van der Waals surface area (Å²) in [6.07, 6.45) is 0. The number of hydrogen-bond acceptors (Lipinski definition) is 3. The minimum Gasteiger partial charge on any atom is -0.358 e. The molecule has 0 atom stereocenters. The quantitative estimate of drug-likeness (QED) is 0.671. The van der Waals surface area contributed by atoms with Gasteiger partial charge in [0, 0.05) is 6.54 Å². The highest BCUT2D eigenvalue weighted by Crippen LogP contribution is 2.30. The first-order valence-corrected chi connectivity index (χ1v) is 8.37. The van der Waals surface area contributed by atoms with Crippen LogP contribution < -0.4 is 10.6 Å². The van der Waals surface area contributed by atoms with E-state index in [0.29, 0.717) is 16.7 Å². The van der Waals surface area contributed by atoms with Crippen LogP contribution in [0.4, 0.5) is 5.13 Å². The standard InChI is InChI=1S/C16H14ClN3S2/c1-10-5-7-11(8-6-10)9-18-15(21)20-16-19-14-12(17)3-2-4-13(14)22-16/h2-8H,9H2,1H3,(H2,18,19,20,21). The van der Waals surface area contributed by atoms with Crippen molar-refractivity contribution in [3.8, 4) is 0 Å². The molecule has 6 heteroatoms. The van der Waals surface area contributed by atoms with Gasteiger partial charge in [0.15, 0.2) is 10.2 Å². The first kappa shape index (κ1) is 15.2. The van der Waals surface area contributed by atoms with E-state index in [1.807, 2.05) is 18.2 Å². The Morgan fingerprint density at radius 2 is 2.00 bits per heavy atom. The monoisotopic (exact) mass is 347 g/mol. The molecule has 0 unspecified atom stereocenters. The van der Waals surface area contributed by atoms with Crippen LogP contribution in [0.25, 0.3) is 10.2 Å². The van der Waals surface area contributed by atoms with Crippen LogP contribution in [0.5, 0.6) is 0 Å². The number of thiocarbonyl (C=S) groups is 1. The Labute approximate surface area is 143 Å². The molecule has 1 heterocycles. The van der Waals surface area contributed by atoms with Crippen LogP contribution in [0.15, 0.2) is 42.5 Å². The lowest BCUT2D eigenvalue weighted by atomic mass is 10.1. The van der Waals surface area contributed by atoms with Crippen molar-refractivity contribution in [2.75, 3.05) is 5.32 Å². The van der Waals surface area contributed by atoms with Gasteiger partial charge < -0.3 is 10.6 Å². The molecule has 0 aliphatic heterocycles. The maximum absolute atomic E-state index is 6.13. The summed E-state index contributed by atoms with van der Waals surface area (Å²) in [5, 5.41) is 8.23.